The predicted octanol–water partition coefficient (Wildman–Crippen LogP) is 2.52. The van der Waals surface area contributed by atoms with Crippen LogP contribution in [0.15, 0.2) is 18.2 Å². The van der Waals surface area contributed by atoms with Crippen LogP contribution < -0.4 is 4.74 Å². The lowest BCUT2D eigenvalue weighted by Gasteiger charge is -2.44. The molecule has 0 saturated carbocycles. The summed E-state index contributed by atoms with van der Waals surface area (Å²) in [7, 11) is 1.67. The Morgan fingerprint density at radius 3 is 2.68 bits per heavy atom. The summed E-state index contributed by atoms with van der Waals surface area (Å²) in [6.45, 7) is 3.92. The number of methoxy groups -OCH3 is 1. The molecule has 0 aromatic heterocycles. The molecule has 1 aliphatic heterocycles. The van der Waals surface area contributed by atoms with Gasteiger partial charge in [-0.2, -0.15) is 0 Å². The third kappa shape index (κ3) is 1.92. The molecule has 1 saturated heterocycles. The van der Waals surface area contributed by atoms with Crippen molar-refractivity contribution >= 4 is 5.91 Å². The summed E-state index contributed by atoms with van der Waals surface area (Å²) in [5.41, 5.74) is 2.11. The van der Waals surface area contributed by atoms with Gasteiger partial charge in [-0.25, -0.2) is 0 Å². The van der Waals surface area contributed by atoms with Crippen molar-refractivity contribution in [2.75, 3.05) is 20.2 Å². The van der Waals surface area contributed by atoms with E-state index in [0.29, 0.717) is 5.91 Å². The Labute approximate surface area is 114 Å². The summed E-state index contributed by atoms with van der Waals surface area (Å²) in [6.07, 6.45) is 4.41. The standard InChI is InChI=1S/C16H21NO2/c1-16(15(18)17-8-4-3-5-9-17)11-12-6-7-13(19-2)10-14(12)16/h6-7,10H,3-5,8-9,11H2,1-2H3. The first kappa shape index (κ1) is 12.5. The third-order valence-electron chi connectivity index (χ3n) is 4.57. The van der Waals surface area contributed by atoms with Gasteiger partial charge in [0.2, 0.25) is 5.91 Å². The van der Waals surface area contributed by atoms with Crippen LogP contribution in [0.1, 0.15) is 37.3 Å². The molecular formula is C16H21NO2. The van der Waals surface area contributed by atoms with Gasteiger partial charge in [-0.15, -0.1) is 0 Å². The van der Waals surface area contributed by atoms with E-state index in [4.69, 9.17) is 4.74 Å². The number of hydrogen-bond donors (Lipinski definition) is 0. The van der Waals surface area contributed by atoms with Crippen LogP contribution in [0.25, 0.3) is 0 Å². The van der Waals surface area contributed by atoms with E-state index in [-0.39, 0.29) is 5.41 Å². The molecule has 1 fully saturated rings. The number of hydrogen-bond acceptors (Lipinski definition) is 2. The zero-order chi connectivity index (χ0) is 13.5. The second kappa shape index (κ2) is 4.55. The molecule has 1 aromatic carbocycles. The largest absolute Gasteiger partial charge is 0.497 e. The molecule has 3 nitrogen and oxygen atoms in total. The Morgan fingerprint density at radius 1 is 1.26 bits per heavy atom. The number of nitrogens with zero attached hydrogens (tertiary/aromatic N) is 1. The summed E-state index contributed by atoms with van der Waals surface area (Å²) < 4.78 is 5.28. The first-order valence-corrected chi connectivity index (χ1v) is 7.12. The number of carbonyl (C=O) groups excluding carboxylic acids is 1. The van der Waals surface area contributed by atoms with E-state index in [2.05, 4.69) is 13.0 Å². The summed E-state index contributed by atoms with van der Waals surface area (Å²) in [4.78, 5) is 14.8. The molecule has 3 rings (SSSR count). The van der Waals surface area contributed by atoms with Crippen LogP contribution in [-0.2, 0) is 16.6 Å². The molecule has 0 spiro atoms. The molecule has 19 heavy (non-hydrogen) atoms. The minimum absolute atomic E-state index is 0.299. The summed E-state index contributed by atoms with van der Waals surface area (Å²) in [5, 5.41) is 0. The molecule has 0 bridgehead atoms. The molecule has 3 heteroatoms. The SMILES string of the molecule is COc1ccc2c(c1)C(C)(C(=O)N1CCCCC1)C2. The Kier molecular flexibility index (Phi) is 3.00. The highest BCUT2D eigenvalue weighted by Crippen LogP contribution is 2.44. The van der Waals surface area contributed by atoms with E-state index >= 15 is 0 Å². The van der Waals surface area contributed by atoms with Crippen LogP contribution in [0.4, 0.5) is 0 Å². The van der Waals surface area contributed by atoms with Crippen LogP contribution in [0.2, 0.25) is 0 Å². The number of amides is 1. The quantitative estimate of drug-likeness (QED) is 0.816. The maximum absolute atomic E-state index is 12.7. The average molecular weight is 259 g/mol. The molecule has 1 aliphatic carbocycles. The van der Waals surface area contributed by atoms with Crippen molar-refractivity contribution in [3.8, 4) is 5.75 Å². The number of likely N-dealkylation sites (tertiary alicyclic amines) is 1. The third-order valence-corrected chi connectivity index (χ3v) is 4.57. The van der Waals surface area contributed by atoms with E-state index < -0.39 is 0 Å². The van der Waals surface area contributed by atoms with Gasteiger partial charge in [0.05, 0.1) is 12.5 Å². The molecular weight excluding hydrogens is 238 g/mol. The maximum Gasteiger partial charge on any atom is 0.233 e. The Bertz CT molecular complexity index is 505. The lowest BCUT2D eigenvalue weighted by atomic mass is 9.64. The fraction of sp³-hybridized carbons (Fsp3) is 0.562. The van der Waals surface area contributed by atoms with Gasteiger partial charge < -0.3 is 9.64 Å². The second-order valence-corrected chi connectivity index (χ2v) is 5.88. The van der Waals surface area contributed by atoms with Crippen molar-refractivity contribution in [1.29, 1.82) is 0 Å². The van der Waals surface area contributed by atoms with E-state index in [1.807, 2.05) is 17.0 Å². The fourth-order valence-electron chi connectivity index (χ4n) is 3.36. The predicted molar refractivity (Wildman–Crippen MR) is 74.5 cm³/mol. The van der Waals surface area contributed by atoms with Crippen LogP contribution in [-0.4, -0.2) is 31.0 Å². The number of rotatable bonds is 2. The minimum Gasteiger partial charge on any atom is -0.497 e. The Balaban J connectivity index is 1.85. The van der Waals surface area contributed by atoms with Gasteiger partial charge in [-0.3, -0.25) is 4.79 Å². The first-order chi connectivity index (χ1) is 9.15. The molecule has 2 aliphatic rings. The van der Waals surface area contributed by atoms with Gasteiger partial charge in [-0.05, 0) is 55.9 Å². The Morgan fingerprint density at radius 2 is 2.00 bits per heavy atom. The first-order valence-electron chi connectivity index (χ1n) is 7.12. The van der Waals surface area contributed by atoms with Crippen molar-refractivity contribution in [3.63, 3.8) is 0 Å². The van der Waals surface area contributed by atoms with Crippen LogP contribution in [0.3, 0.4) is 0 Å². The fourth-order valence-corrected chi connectivity index (χ4v) is 3.36. The number of ether oxygens (including phenoxy) is 1. The van der Waals surface area contributed by atoms with Crippen molar-refractivity contribution in [2.24, 2.45) is 0 Å². The topological polar surface area (TPSA) is 29.5 Å². The zero-order valence-electron chi connectivity index (χ0n) is 11.7. The van der Waals surface area contributed by atoms with Crippen molar-refractivity contribution in [3.05, 3.63) is 29.3 Å². The molecule has 0 radical (unpaired) electrons. The molecule has 1 amide bonds. The van der Waals surface area contributed by atoms with E-state index in [1.165, 1.54) is 12.0 Å². The highest BCUT2D eigenvalue weighted by molar-refractivity contribution is 5.91. The number of piperidine rings is 1. The van der Waals surface area contributed by atoms with E-state index in [1.54, 1.807) is 7.11 Å². The number of benzene rings is 1. The highest BCUT2D eigenvalue weighted by atomic mass is 16.5. The minimum atomic E-state index is -0.332. The van der Waals surface area contributed by atoms with Gasteiger partial charge in [0.1, 0.15) is 5.75 Å². The number of fused-ring (bicyclic) bond motifs is 1. The van der Waals surface area contributed by atoms with Crippen molar-refractivity contribution in [2.45, 2.75) is 38.0 Å². The van der Waals surface area contributed by atoms with Gasteiger partial charge in [-0.1, -0.05) is 6.07 Å². The summed E-state index contributed by atoms with van der Waals surface area (Å²) >= 11 is 0. The van der Waals surface area contributed by atoms with Crippen LogP contribution in [0, 0.1) is 0 Å². The summed E-state index contributed by atoms with van der Waals surface area (Å²) in [6, 6.07) is 6.09. The zero-order valence-corrected chi connectivity index (χ0v) is 11.7. The normalized spacial score (nSPS) is 25.5. The number of carbonyl (C=O) groups is 1. The van der Waals surface area contributed by atoms with Gasteiger partial charge in [0.25, 0.3) is 0 Å². The molecule has 1 atom stereocenters. The molecule has 102 valence electrons. The van der Waals surface area contributed by atoms with Gasteiger partial charge in [0, 0.05) is 13.1 Å². The maximum atomic E-state index is 12.7. The van der Waals surface area contributed by atoms with E-state index in [9.17, 15) is 4.79 Å². The molecule has 1 unspecified atom stereocenters. The van der Waals surface area contributed by atoms with E-state index in [0.717, 1.165) is 43.7 Å². The average Bonchev–Trinajstić information content (AvgIpc) is 2.46. The van der Waals surface area contributed by atoms with Crippen molar-refractivity contribution < 1.29 is 9.53 Å². The monoisotopic (exact) mass is 259 g/mol. The summed E-state index contributed by atoms with van der Waals surface area (Å²) in [5.74, 6) is 1.14. The lowest BCUT2D eigenvalue weighted by Crippen LogP contribution is -2.52. The van der Waals surface area contributed by atoms with Crippen LogP contribution >= 0.6 is 0 Å². The highest BCUT2D eigenvalue weighted by Gasteiger charge is 2.47. The lowest BCUT2D eigenvalue weighted by molar-refractivity contribution is -0.138. The second-order valence-electron chi connectivity index (χ2n) is 5.88. The van der Waals surface area contributed by atoms with Gasteiger partial charge >= 0.3 is 0 Å². The van der Waals surface area contributed by atoms with Crippen LogP contribution in [0.5, 0.6) is 5.75 Å². The smallest absolute Gasteiger partial charge is 0.233 e. The molecule has 1 aromatic rings. The van der Waals surface area contributed by atoms with Crippen molar-refractivity contribution in [1.82, 2.24) is 4.90 Å². The van der Waals surface area contributed by atoms with Gasteiger partial charge in [0.15, 0.2) is 0 Å². The Hall–Kier alpha value is -1.51. The molecule has 0 N–H and O–H groups in total. The molecule has 1 heterocycles.